The highest BCUT2D eigenvalue weighted by molar-refractivity contribution is 5.94. The molecule has 0 radical (unpaired) electrons. The minimum absolute atomic E-state index is 0.105. The van der Waals surface area contributed by atoms with Crippen LogP contribution in [0.25, 0.3) is 0 Å². The summed E-state index contributed by atoms with van der Waals surface area (Å²) in [4.78, 5) is 21.1. The van der Waals surface area contributed by atoms with E-state index in [9.17, 15) is 19.3 Å². The Hall–Kier alpha value is -1.98. The van der Waals surface area contributed by atoms with Gasteiger partial charge in [0, 0.05) is 18.2 Å². The molecule has 2 rings (SSSR count). The summed E-state index contributed by atoms with van der Waals surface area (Å²) in [5, 5.41) is 13.1. The van der Waals surface area contributed by atoms with Crippen molar-refractivity contribution in [3.63, 3.8) is 0 Å². The maximum Gasteiger partial charge on any atom is 0.304 e. The smallest absolute Gasteiger partial charge is 0.304 e. The van der Waals surface area contributed by atoms with Gasteiger partial charge in [-0.25, -0.2) is 0 Å². The predicted molar refractivity (Wildman–Crippen MR) is 58.1 cm³/mol. The number of benzene rings is 1. The topological polar surface area (TPSA) is 72.2 Å². The lowest BCUT2D eigenvalue weighted by molar-refractivity contribution is -0.387. The summed E-state index contributed by atoms with van der Waals surface area (Å²) in [6.07, 6.45) is 2.21. The van der Waals surface area contributed by atoms with E-state index < -0.39 is 22.3 Å². The fourth-order valence-electron chi connectivity index (χ4n) is 1.46. The molecule has 0 bridgehead atoms. The van der Waals surface area contributed by atoms with Crippen molar-refractivity contribution in [3.05, 3.63) is 39.7 Å². The predicted octanol–water partition coefficient (Wildman–Crippen LogP) is 1.87. The highest BCUT2D eigenvalue weighted by Crippen LogP contribution is 2.27. The van der Waals surface area contributed by atoms with Crippen molar-refractivity contribution in [1.82, 2.24) is 5.32 Å². The van der Waals surface area contributed by atoms with Crippen LogP contribution in [-0.2, 0) is 0 Å². The van der Waals surface area contributed by atoms with Crippen molar-refractivity contribution in [2.75, 3.05) is 6.54 Å². The molecule has 0 atom stereocenters. The molecule has 1 aliphatic carbocycles. The number of carbonyl (C=O) groups is 1. The normalized spacial score (nSPS) is 14.4. The Morgan fingerprint density at radius 1 is 1.53 bits per heavy atom. The average Bonchev–Trinajstić information content (AvgIpc) is 3.09. The molecule has 17 heavy (non-hydrogen) atoms. The lowest BCUT2D eigenvalue weighted by Crippen LogP contribution is -2.25. The Labute approximate surface area is 96.8 Å². The number of nitro benzene ring substituents is 1. The van der Waals surface area contributed by atoms with Gasteiger partial charge in [0.15, 0.2) is 0 Å². The first-order valence-electron chi connectivity index (χ1n) is 5.30. The van der Waals surface area contributed by atoms with Crippen molar-refractivity contribution in [2.45, 2.75) is 12.8 Å². The van der Waals surface area contributed by atoms with Gasteiger partial charge < -0.3 is 5.32 Å². The van der Waals surface area contributed by atoms with Crippen LogP contribution >= 0.6 is 0 Å². The Morgan fingerprint density at radius 2 is 2.24 bits per heavy atom. The van der Waals surface area contributed by atoms with E-state index in [4.69, 9.17) is 0 Å². The SMILES string of the molecule is O=C(NCC1CC1)c1ccc([N+](=O)[O-])c(F)c1. The number of hydrogen-bond acceptors (Lipinski definition) is 3. The maximum atomic E-state index is 13.3. The molecule has 1 aromatic rings. The number of carbonyl (C=O) groups excluding carboxylic acids is 1. The molecule has 1 fully saturated rings. The Morgan fingerprint density at radius 3 is 2.76 bits per heavy atom. The Bertz CT molecular complexity index is 472. The van der Waals surface area contributed by atoms with E-state index in [1.54, 1.807) is 0 Å². The molecule has 1 aliphatic rings. The van der Waals surface area contributed by atoms with E-state index in [1.807, 2.05) is 0 Å². The van der Waals surface area contributed by atoms with Crippen LogP contribution in [0.5, 0.6) is 0 Å². The summed E-state index contributed by atoms with van der Waals surface area (Å²) in [5.74, 6) is -0.860. The van der Waals surface area contributed by atoms with E-state index in [2.05, 4.69) is 5.32 Å². The van der Waals surface area contributed by atoms with Gasteiger partial charge in [-0.1, -0.05) is 0 Å². The molecule has 1 amide bonds. The van der Waals surface area contributed by atoms with Gasteiger partial charge in [-0.2, -0.15) is 4.39 Å². The van der Waals surface area contributed by atoms with Crippen LogP contribution in [0, 0.1) is 21.8 Å². The molecule has 5 nitrogen and oxygen atoms in total. The highest BCUT2D eigenvalue weighted by Gasteiger charge is 2.22. The third kappa shape index (κ3) is 2.77. The summed E-state index contributed by atoms with van der Waals surface area (Å²) in [6.45, 7) is 0.581. The first-order valence-corrected chi connectivity index (χ1v) is 5.30. The molecule has 0 aliphatic heterocycles. The van der Waals surface area contributed by atoms with Crippen LogP contribution in [0.3, 0.4) is 0 Å². The van der Waals surface area contributed by atoms with Gasteiger partial charge in [-0.15, -0.1) is 0 Å². The molecule has 0 unspecified atom stereocenters. The second-order valence-corrected chi connectivity index (χ2v) is 4.08. The molecular formula is C11H11FN2O3. The summed E-state index contributed by atoms with van der Waals surface area (Å²) in [5.41, 5.74) is -0.516. The van der Waals surface area contributed by atoms with Crippen molar-refractivity contribution in [1.29, 1.82) is 0 Å². The fraction of sp³-hybridized carbons (Fsp3) is 0.364. The number of hydrogen-bond donors (Lipinski definition) is 1. The zero-order valence-corrected chi connectivity index (χ0v) is 8.98. The zero-order chi connectivity index (χ0) is 12.4. The number of nitro groups is 1. The Balaban J connectivity index is 2.07. The quantitative estimate of drug-likeness (QED) is 0.643. The van der Waals surface area contributed by atoms with E-state index in [0.29, 0.717) is 12.5 Å². The summed E-state index contributed by atoms with van der Waals surface area (Å²) >= 11 is 0. The third-order valence-corrected chi connectivity index (χ3v) is 2.65. The summed E-state index contributed by atoms with van der Waals surface area (Å²) in [6, 6.07) is 3.14. The van der Waals surface area contributed by atoms with E-state index in [-0.39, 0.29) is 5.56 Å². The average molecular weight is 238 g/mol. The van der Waals surface area contributed by atoms with E-state index >= 15 is 0 Å². The summed E-state index contributed by atoms with van der Waals surface area (Å²) in [7, 11) is 0. The van der Waals surface area contributed by atoms with Crippen LogP contribution in [0.15, 0.2) is 18.2 Å². The maximum absolute atomic E-state index is 13.3. The standard InChI is InChI=1S/C11H11FN2O3/c12-9-5-8(3-4-10(9)14(16)17)11(15)13-6-7-1-2-7/h3-5,7H,1-2,6H2,(H,13,15). The first-order chi connectivity index (χ1) is 8.08. The van der Waals surface area contributed by atoms with Gasteiger partial charge in [0.05, 0.1) is 4.92 Å². The minimum atomic E-state index is -0.992. The molecule has 1 aromatic carbocycles. The molecule has 0 aromatic heterocycles. The third-order valence-electron chi connectivity index (χ3n) is 2.65. The molecule has 1 N–H and O–H groups in total. The van der Waals surface area contributed by atoms with Gasteiger partial charge in [-0.05, 0) is 30.9 Å². The second kappa shape index (κ2) is 4.48. The molecular weight excluding hydrogens is 227 g/mol. The lowest BCUT2D eigenvalue weighted by atomic mass is 10.2. The number of rotatable bonds is 4. The minimum Gasteiger partial charge on any atom is -0.352 e. The molecule has 0 heterocycles. The lowest BCUT2D eigenvalue weighted by Gasteiger charge is -2.04. The van der Waals surface area contributed by atoms with Crippen molar-refractivity contribution in [3.8, 4) is 0 Å². The monoisotopic (exact) mass is 238 g/mol. The largest absolute Gasteiger partial charge is 0.352 e. The zero-order valence-electron chi connectivity index (χ0n) is 8.98. The van der Waals surface area contributed by atoms with E-state index in [0.717, 1.165) is 25.0 Å². The first kappa shape index (κ1) is 11.5. The molecule has 90 valence electrons. The van der Waals surface area contributed by atoms with Crippen LogP contribution in [0.2, 0.25) is 0 Å². The molecule has 0 spiro atoms. The number of nitrogens with one attached hydrogen (secondary N) is 1. The Kier molecular flexibility index (Phi) is 3.03. The number of halogens is 1. The molecule has 1 saturated carbocycles. The van der Waals surface area contributed by atoms with Crippen LogP contribution in [-0.4, -0.2) is 17.4 Å². The van der Waals surface area contributed by atoms with Crippen molar-refractivity contribution >= 4 is 11.6 Å². The number of amides is 1. The van der Waals surface area contributed by atoms with Gasteiger partial charge in [0.25, 0.3) is 5.91 Å². The van der Waals surface area contributed by atoms with Crippen LogP contribution in [0.1, 0.15) is 23.2 Å². The van der Waals surface area contributed by atoms with Gasteiger partial charge in [0.1, 0.15) is 0 Å². The van der Waals surface area contributed by atoms with E-state index in [1.165, 1.54) is 6.07 Å². The number of nitrogens with zero attached hydrogens (tertiary/aromatic N) is 1. The highest BCUT2D eigenvalue weighted by atomic mass is 19.1. The summed E-state index contributed by atoms with van der Waals surface area (Å²) < 4.78 is 13.3. The van der Waals surface area contributed by atoms with Crippen LogP contribution in [0.4, 0.5) is 10.1 Å². The van der Waals surface area contributed by atoms with Crippen molar-refractivity contribution < 1.29 is 14.1 Å². The van der Waals surface area contributed by atoms with Gasteiger partial charge in [-0.3, -0.25) is 14.9 Å². The van der Waals surface area contributed by atoms with Gasteiger partial charge in [0.2, 0.25) is 5.82 Å². The molecule has 6 heteroatoms. The van der Waals surface area contributed by atoms with Gasteiger partial charge >= 0.3 is 5.69 Å². The fourth-order valence-corrected chi connectivity index (χ4v) is 1.46. The molecule has 0 saturated heterocycles. The second-order valence-electron chi connectivity index (χ2n) is 4.08. The van der Waals surface area contributed by atoms with Crippen molar-refractivity contribution in [2.24, 2.45) is 5.92 Å². The van der Waals surface area contributed by atoms with Crippen LogP contribution < -0.4 is 5.32 Å².